The van der Waals surface area contributed by atoms with Crippen molar-refractivity contribution in [2.45, 2.75) is 458 Å². The summed E-state index contributed by atoms with van der Waals surface area (Å²) in [5.41, 5.74) is 35.9. The molecule has 139 heavy (non-hydrogen) atoms. The molecule has 17 heteroatoms. The number of aryl methyl sites for hydroxylation is 12. The standard InChI is InChI=1S/2C21H27N2.3C18H33P.C10H12O.2C7H6.2CH4.6ClH.3Ru/c2*1-14-9-16(3)20(17(4)10-14)22-7-8-23(13-22)21-18(5)11-15(2)12-19(21)6;3*1-4-10-16(11-5-1)19(17-12-6-2-7-13-17)18-14-8-3-9-15-18;1-8(2)11-10-7-5-4-6-9(10)3;2*1-7-5-3-2-4-6-7;;;;;;;;;;;/h2*9-13H,7-8H2,1-6H3;3*16-18H,1-15H2;3-8H,1-2H3;2*1-6H;2*1H4;6*1H;;;/q2*-1;;;;;;;;;;;;;;;3*+2/p-3. The van der Waals surface area contributed by atoms with E-state index in [0.717, 1.165) is 48.6 Å². The van der Waals surface area contributed by atoms with Crippen molar-refractivity contribution < 1.29 is 45.3 Å². The zero-order valence-corrected chi connectivity index (χ0v) is 99.8. The average Bonchev–Trinajstić information content (AvgIpc) is 1.61. The zero-order valence-electron chi connectivity index (χ0n) is 87.0. The second-order valence-electron chi connectivity index (χ2n) is 43.0. The van der Waals surface area contributed by atoms with Crippen LogP contribution in [0.5, 0.6) is 5.75 Å². The molecule has 2 heterocycles. The molecule has 0 aromatic heterocycles. The van der Waals surface area contributed by atoms with E-state index in [-0.39, 0.29) is 44.7 Å². The van der Waals surface area contributed by atoms with Crippen molar-refractivity contribution in [1.82, 2.24) is 0 Å². The van der Waals surface area contributed by atoms with Gasteiger partial charge in [0, 0.05) is 72.7 Å². The van der Waals surface area contributed by atoms with Gasteiger partial charge in [0.25, 0.3) is 0 Å². The number of ether oxygens (including phenoxy) is 1. The number of halogens is 6. The third-order valence-corrected chi connectivity index (χ3v) is 50.8. The van der Waals surface area contributed by atoms with E-state index in [1.54, 1.807) is 289 Å². The van der Waals surface area contributed by atoms with Crippen molar-refractivity contribution in [3.63, 3.8) is 0 Å². The first-order valence-electron chi connectivity index (χ1n) is 54.3. The molecule has 7 aromatic carbocycles. The number of nitrogens with zero attached hydrogens (tertiary/aromatic N) is 4. The molecule has 0 N–H and O–H groups in total. The summed E-state index contributed by atoms with van der Waals surface area (Å²) in [6, 6.07) is 45.8. The number of anilines is 4. The molecule has 18 rings (SSSR count). The van der Waals surface area contributed by atoms with Gasteiger partial charge in [-0.25, -0.2) is 0 Å². The molecule has 5 nitrogen and oxygen atoms in total. The van der Waals surface area contributed by atoms with Crippen LogP contribution in [0.3, 0.4) is 0 Å². The maximum atomic E-state index is 5.82. The van der Waals surface area contributed by atoms with E-state index >= 15 is 0 Å². The van der Waals surface area contributed by atoms with Gasteiger partial charge in [0.15, 0.2) is 0 Å². The summed E-state index contributed by atoms with van der Waals surface area (Å²) in [7, 11) is 34.2. The van der Waals surface area contributed by atoms with Gasteiger partial charge >= 0.3 is 245 Å². The van der Waals surface area contributed by atoms with Gasteiger partial charge in [-0.15, -0.1) is 0 Å². The van der Waals surface area contributed by atoms with E-state index in [0.29, 0.717) is 0 Å². The number of para-hydroxylation sites is 1. The topological polar surface area (TPSA) is 22.2 Å². The summed E-state index contributed by atoms with van der Waals surface area (Å²) in [5, 5.41) is 0. The van der Waals surface area contributed by atoms with Gasteiger partial charge in [-0.1, -0.05) is 143 Å². The summed E-state index contributed by atoms with van der Waals surface area (Å²) in [4.78, 5) is 9.62. The Morgan fingerprint density at radius 1 is 0.266 bits per heavy atom. The maximum absolute atomic E-state index is 5.82. The fourth-order valence-electron chi connectivity index (χ4n) is 26.3. The second-order valence-corrected chi connectivity index (χ2v) is 70.5. The van der Waals surface area contributed by atoms with Crippen LogP contribution >= 0.6 is 81.9 Å². The molecule has 2 aliphatic heterocycles. The first-order valence-corrected chi connectivity index (χ1v) is 75.9. The van der Waals surface area contributed by atoms with E-state index in [1.165, 1.54) is 140 Å². The van der Waals surface area contributed by atoms with Crippen molar-refractivity contribution in [3.8, 4) is 5.75 Å². The Labute approximate surface area is 894 Å². The van der Waals surface area contributed by atoms with Crippen molar-refractivity contribution in [2.24, 2.45) is 0 Å². The monoisotopic (exact) mass is 2330 g/mol. The Morgan fingerprint density at radius 2 is 0.446 bits per heavy atom. The molecule has 0 atom stereocenters. The fourth-order valence-corrected chi connectivity index (χ4v) is 47.5. The molecule has 0 bridgehead atoms. The van der Waals surface area contributed by atoms with E-state index in [2.05, 4.69) is 165 Å². The molecule has 0 unspecified atom stereocenters. The zero-order chi connectivity index (χ0) is 97.5. The Morgan fingerprint density at radius 3 is 0.626 bits per heavy atom. The molecule has 782 valence electrons. The van der Waals surface area contributed by atoms with Crippen molar-refractivity contribution in [1.29, 1.82) is 0 Å². The van der Waals surface area contributed by atoms with Crippen LogP contribution in [0, 0.1) is 96.4 Å². The first-order chi connectivity index (χ1) is 66.2. The molecule has 0 radical (unpaired) electrons. The third-order valence-electron chi connectivity index (χ3n) is 31.6. The minimum atomic E-state index is -1.77. The molecule has 9 saturated carbocycles. The Kier molecular flexibility index (Phi) is 56.6. The van der Waals surface area contributed by atoms with Crippen LogP contribution in [-0.2, 0) is 40.6 Å². The van der Waals surface area contributed by atoms with Crippen molar-refractivity contribution in [3.05, 3.63) is 230 Å². The Bertz CT molecular complexity index is 4100. The Balaban J connectivity index is 0.000000180. The summed E-state index contributed by atoms with van der Waals surface area (Å²) < 4.78 is 11.4. The molecule has 9 aliphatic carbocycles. The molecule has 11 aliphatic rings. The summed E-state index contributed by atoms with van der Waals surface area (Å²) >= 11 is -5.00. The van der Waals surface area contributed by atoms with Crippen LogP contribution in [0.25, 0.3) is 0 Å². The van der Waals surface area contributed by atoms with E-state index in [4.69, 9.17) is 62.9 Å². The molecule has 7 aromatic rings. The predicted molar refractivity (Wildman–Crippen MR) is 627 cm³/mol. The number of benzene rings is 7. The molecule has 0 amide bonds. The van der Waals surface area contributed by atoms with Gasteiger partial charge in [-0.2, -0.15) is 13.3 Å². The van der Waals surface area contributed by atoms with Crippen LogP contribution in [-0.4, -0.2) is 97.0 Å². The Hall–Kier alpha value is -1.95. The van der Waals surface area contributed by atoms with Crippen LogP contribution in [0.15, 0.2) is 133 Å². The fraction of sp³-hybridized carbons (Fsp3) is 0.615. The average molecular weight is 2340 g/mol. The second kappa shape index (κ2) is 65.2. The third kappa shape index (κ3) is 40.1. The normalized spacial score (nSPS) is 19.4. The van der Waals surface area contributed by atoms with Crippen LogP contribution in [0.2, 0.25) is 0 Å². The molecule has 2 saturated heterocycles. The molecular formula is C122H188Cl6N4OP3Ru3+. The quantitative estimate of drug-likeness (QED) is 0.0484. The predicted octanol–water partition coefficient (Wildman–Crippen LogP) is 38.9. The SMILES string of the molecule is C.C.C1CCC([PH+](C2CCCCC2)C2CCCCC2)CC1.C1CCC([PH+](C2CCCCC2)C2CCCCC2)CC1.C1CCC([PH+](C2CCCCC2)C2CCCCC2)CC1.CC(C)Oc1ccccc1[CH]=[Ru]([Cl])[Cl].Cc1cc(C)c(N2[CH-]N(c3c(C)cc(C)cc3C)CC2)c(C)c1.Cc1cc(C)c(N2[CH-]N(c3c(C)cc(C)cc3C)CC2)c(C)c1.[Cl][Ru]([Cl])=[CH]c1ccccc1.[Cl][Ru]([Cl])=[CH]c1ccccc1. The van der Waals surface area contributed by atoms with E-state index in [9.17, 15) is 0 Å². The summed E-state index contributed by atoms with van der Waals surface area (Å²) in [6.07, 6.45) is 71.5. The molecule has 11 fully saturated rings. The van der Waals surface area contributed by atoms with Crippen LogP contribution < -0.4 is 24.3 Å². The first kappa shape index (κ1) is 121. The number of hydrogen-bond donors (Lipinski definition) is 0. The number of rotatable bonds is 18. The van der Waals surface area contributed by atoms with Gasteiger partial charge in [-0.3, -0.25) is 0 Å². The number of hydrogen-bond acceptors (Lipinski definition) is 5. The van der Waals surface area contributed by atoms with Crippen LogP contribution in [0.1, 0.15) is 401 Å². The summed E-state index contributed by atoms with van der Waals surface area (Å²) in [5.74, 6) is 0.850. The minimum absolute atomic E-state index is 0. The van der Waals surface area contributed by atoms with Gasteiger partial charge in [0.05, 0.1) is 50.9 Å². The van der Waals surface area contributed by atoms with E-state index < -0.39 is 40.6 Å². The van der Waals surface area contributed by atoms with Gasteiger partial charge in [0.1, 0.15) is 0 Å². The molecule has 0 spiro atoms. The van der Waals surface area contributed by atoms with Gasteiger partial charge in [0.2, 0.25) is 0 Å². The van der Waals surface area contributed by atoms with Crippen molar-refractivity contribution >= 4 is 118 Å². The van der Waals surface area contributed by atoms with Crippen molar-refractivity contribution in [2.75, 3.05) is 45.8 Å². The van der Waals surface area contributed by atoms with E-state index in [1.807, 2.05) is 113 Å². The van der Waals surface area contributed by atoms with Gasteiger partial charge in [-0.05, 0) is 359 Å². The molecular weight excluding hydrogens is 2150 g/mol. The van der Waals surface area contributed by atoms with Gasteiger partial charge < -0.3 is 19.6 Å². The summed E-state index contributed by atoms with van der Waals surface area (Å²) in [6.45, 7) is 39.1. The van der Waals surface area contributed by atoms with Crippen LogP contribution in [0.4, 0.5) is 22.7 Å².